The lowest BCUT2D eigenvalue weighted by Gasteiger charge is -2.24. The molecule has 0 saturated heterocycles. The summed E-state index contributed by atoms with van der Waals surface area (Å²) in [5, 5.41) is 13.4. The van der Waals surface area contributed by atoms with Crippen LogP contribution in [0.5, 0.6) is 0 Å². The van der Waals surface area contributed by atoms with Gasteiger partial charge in [-0.25, -0.2) is 4.79 Å². The highest BCUT2D eigenvalue weighted by Crippen LogP contribution is 2.24. The molecule has 0 fully saturated rings. The summed E-state index contributed by atoms with van der Waals surface area (Å²) in [5.74, 6) is -0.993. The van der Waals surface area contributed by atoms with E-state index in [-0.39, 0.29) is 5.69 Å². The van der Waals surface area contributed by atoms with E-state index in [9.17, 15) is 19.7 Å². The monoisotopic (exact) mass is 326 g/mol. The smallest absolute Gasteiger partial charge is 0.339 e. The molecule has 0 saturated carbocycles. The number of cyclic esters (lactones) is 1. The molecule has 0 spiro atoms. The van der Waals surface area contributed by atoms with Gasteiger partial charge < -0.3 is 10.1 Å². The van der Waals surface area contributed by atoms with E-state index in [1.54, 1.807) is 31.2 Å². The molecular formula is C17H14N2O5. The minimum Gasteiger partial charge on any atom is -0.448 e. The number of amides is 1. The molecule has 3 rings (SSSR count). The van der Waals surface area contributed by atoms with Crippen molar-refractivity contribution >= 4 is 23.3 Å². The Bertz CT molecular complexity index is 847. The number of nitro benzene ring substituents is 1. The van der Waals surface area contributed by atoms with Gasteiger partial charge >= 0.3 is 5.97 Å². The molecule has 0 aliphatic carbocycles. The third kappa shape index (κ3) is 2.96. The number of benzene rings is 2. The van der Waals surface area contributed by atoms with Crippen LogP contribution >= 0.6 is 0 Å². The highest BCUT2D eigenvalue weighted by molar-refractivity contribution is 6.00. The molecule has 0 radical (unpaired) electrons. The van der Waals surface area contributed by atoms with Gasteiger partial charge in [-0.3, -0.25) is 14.9 Å². The summed E-state index contributed by atoms with van der Waals surface area (Å²) in [4.78, 5) is 34.6. The number of aryl methyl sites for hydroxylation is 1. The van der Waals surface area contributed by atoms with Gasteiger partial charge in [0.15, 0.2) is 6.10 Å². The summed E-state index contributed by atoms with van der Waals surface area (Å²) < 4.78 is 5.19. The van der Waals surface area contributed by atoms with Crippen LogP contribution in [0.2, 0.25) is 0 Å². The van der Waals surface area contributed by atoms with Crippen molar-refractivity contribution in [3.05, 3.63) is 69.3 Å². The number of hydrogen-bond donors (Lipinski definition) is 1. The lowest BCUT2D eigenvalue weighted by molar-refractivity contribution is -0.384. The molecule has 1 aliphatic rings. The number of carbonyl (C=O) groups excluding carboxylic acids is 2. The van der Waals surface area contributed by atoms with Crippen molar-refractivity contribution in [1.29, 1.82) is 0 Å². The van der Waals surface area contributed by atoms with Crippen LogP contribution in [0, 0.1) is 17.0 Å². The molecule has 122 valence electrons. The molecule has 2 aromatic carbocycles. The average molecular weight is 326 g/mol. The number of fused-ring (bicyclic) bond motifs is 1. The number of rotatable bonds is 3. The number of nitro groups is 1. The van der Waals surface area contributed by atoms with E-state index in [0.717, 1.165) is 5.56 Å². The molecule has 0 bridgehead atoms. The normalized spacial score (nSPS) is 16.0. The maximum atomic E-state index is 12.4. The van der Waals surface area contributed by atoms with Crippen LogP contribution in [0.4, 0.5) is 11.4 Å². The fraction of sp³-hybridized carbons (Fsp3) is 0.176. The minimum absolute atomic E-state index is 0.0523. The predicted molar refractivity (Wildman–Crippen MR) is 85.8 cm³/mol. The van der Waals surface area contributed by atoms with Crippen LogP contribution < -0.4 is 5.32 Å². The van der Waals surface area contributed by atoms with Gasteiger partial charge in [0.05, 0.1) is 10.5 Å². The third-order valence-electron chi connectivity index (χ3n) is 3.86. The molecule has 0 aromatic heterocycles. The fourth-order valence-corrected chi connectivity index (χ4v) is 2.59. The van der Waals surface area contributed by atoms with Gasteiger partial charge in [0.1, 0.15) is 0 Å². The number of non-ortho nitro benzene ring substituents is 1. The Balaban J connectivity index is 1.77. The lowest BCUT2D eigenvalue weighted by atomic mass is 9.98. The molecule has 2 aromatic rings. The first kappa shape index (κ1) is 15.7. The van der Waals surface area contributed by atoms with E-state index in [2.05, 4.69) is 5.32 Å². The van der Waals surface area contributed by atoms with Crippen LogP contribution in [0.25, 0.3) is 0 Å². The summed E-state index contributed by atoms with van der Waals surface area (Å²) in [6.07, 6.45) is -0.637. The van der Waals surface area contributed by atoms with Crippen molar-refractivity contribution in [2.75, 3.05) is 5.32 Å². The topological polar surface area (TPSA) is 98.5 Å². The summed E-state index contributed by atoms with van der Waals surface area (Å²) >= 11 is 0. The van der Waals surface area contributed by atoms with Crippen molar-refractivity contribution in [1.82, 2.24) is 0 Å². The van der Waals surface area contributed by atoms with Gasteiger partial charge in [-0.05, 0) is 30.2 Å². The number of hydrogen-bond acceptors (Lipinski definition) is 5. The zero-order chi connectivity index (χ0) is 17.3. The van der Waals surface area contributed by atoms with Crippen molar-refractivity contribution in [3.63, 3.8) is 0 Å². The number of nitrogens with zero attached hydrogens (tertiary/aromatic N) is 1. The first-order chi connectivity index (χ1) is 11.5. The van der Waals surface area contributed by atoms with Crippen LogP contribution in [0.1, 0.15) is 21.5 Å². The van der Waals surface area contributed by atoms with Crippen LogP contribution in [-0.4, -0.2) is 22.9 Å². The Morgan fingerprint density at radius 1 is 1.29 bits per heavy atom. The van der Waals surface area contributed by atoms with Crippen molar-refractivity contribution in [2.45, 2.75) is 19.4 Å². The van der Waals surface area contributed by atoms with Gasteiger partial charge in [0.2, 0.25) is 0 Å². The fourth-order valence-electron chi connectivity index (χ4n) is 2.59. The second-order valence-corrected chi connectivity index (χ2v) is 5.50. The minimum atomic E-state index is -0.929. The highest BCUT2D eigenvalue weighted by atomic mass is 16.6. The summed E-state index contributed by atoms with van der Waals surface area (Å²) in [6, 6.07) is 11.1. The first-order valence-electron chi connectivity index (χ1n) is 7.30. The van der Waals surface area contributed by atoms with Gasteiger partial charge in [0, 0.05) is 24.2 Å². The largest absolute Gasteiger partial charge is 0.448 e. The van der Waals surface area contributed by atoms with Crippen molar-refractivity contribution < 1.29 is 19.2 Å². The standard InChI is InChI=1S/C17H14N2O5/c1-10-8-12(19(22)23)6-7-14(10)18-16(20)15-9-11-4-2-3-5-13(11)17(21)24-15/h2-8,15H,9H2,1H3,(H,18,20). The van der Waals surface area contributed by atoms with Gasteiger partial charge in [-0.15, -0.1) is 0 Å². The maximum absolute atomic E-state index is 12.4. The number of anilines is 1. The van der Waals surface area contributed by atoms with E-state index < -0.39 is 22.9 Å². The molecule has 7 nitrogen and oxygen atoms in total. The molecular weight excluding hydrogens is 312 g/mol. The Hall–Kier alpha value is -3.22. The lowest BCUT2D eigenvalue weighted by Crippen LogP contribution is -2.38. The Labute approximate surface area is 137 Å². The summed E-state index contributed by atoms with van der Waals surface area (Å²) in [6.45, 7) is 1.66. The van der Waals surface area contributed by atoms with E-state index >= 15 is 0 Å². The molecule has 1 amide bonds. The van der Waals surface area contributed by atoms with Gasteiger partial charge in [-0.2, -0.15) is 0 Å². The number of carbonyl (C=O) groups is 2. The highest BCUT2D eigenvalue weighted by Gasteiger charge is 2.31. The number of esters is 1. The molecule has 1 atom stereocenters. The summed E-state index contributed by atoms with van der Waals surface area (Å²) in [7, 11) is 0. The second kappa shape index (κ2) is 6.11. The molecule has 7 heteroatoms. The first-order valence-corrected chi connectivity index (χ1v) is 7.30. The molecule has 1 aliphatic heterocycles. The van der Waals surface area contributed by atoms with E-state index in [0.29, 0.717) is 23.2 Å². The Kier molecular flexibility index (Phi) is 3.99. The second-order valence-electron chi connectivity index (χ2n) is 5.50. The third-order valence-corrected chi connectivity index (χ3v) is 3.86. The predicted octanol–water partition coefficient (Wildman–Crippen LogP) is 2.62. The Morgan fingerprint density at radius 3 is 2.75 bits per heavy atom. The van der Waals surface area contributed by atoms with E-state index in [1.165, 1.54) is 18.2 Å². The van der Waals surface area contributed by atoms with Crippen molar-refractivity contribution in [2.24, 2.45) is 0 Å². The van der Waals surface area contributed by atoms with E-state index in [1.807, 2.05) is 0 Å². The zero-order valence-electron chi connectivity index (χ0n) is 12.8. The summed E-state index contributed by atoms with van der Waals surface area (Å²) in [5.41, 5.74) is 2.17. The quantitative estimate of drug-likeness (QED) is 0.531. The van der Waals surface area contributed by atoms with Crippen LogP contribution in [-0.2, 0) is 16.0 Å². The number of ether oxygens (including phenoxy) is 1. The maximum Gasteiger partial charge on any atom is 0.339 e. The van der Waals surface area contributed by atoms with Gasteiger partial charge in [-0.1, -0.05) is 18.2 Å². The van der Waals surface area contributed by atoms with E-state index in [4.69, 9.17) is 4.74 Å². The van der Waals surface area contributed by atoms with Gasteiger partial charge in [0.25, 0.3) is 11.6 Å². The average Bonchev–Trinajstić information content (AvgIpc) is 2.56. The van der Waals surface area contributed by atoms with Crippen LogP contribution in [0.15, 0.2) is 42.5 Å². The molecule has 1 N–H and O–H groups in total. The SMILES string of the molecule is Cc1cc([N+](=O)[O-])ccc1NC(=O)C1Cc2ccccc2C(=O)O1. The molecule has 24 heavy (non-hydrogen) atoms. The number of nitrogens with one attached hydrogen (secondary N) is 1. The molecule has 1 heterocycles. The van der Waals surface area contributed by atoms with Crippen molar-refractivity contribution in [3.8, 4) is 0 Å². The van der Waals surface area contributed by atoms with Crippen LogP contribution in [0.3, 0.4) is 0 Å². The Morgan fingerprint density at radius 2 is 2.04 bits per heavy atom. The zero-order valence-corrected chi connectivity index (χ0v) is 12.8. The molecule has 1 unspecified atom stereocenters.